The number of nitrogens with zero attached hydrogens (tertiary/aromatic N) is 2. The Kier molecular flexibility index (Phi) is 7.22. The van der Waals surface area contributed by atoms with Crippen molar-refractivity contribution in [3.8, 4) is 0 Å². The van der Waals surface area contributed by atoms with Crippen molar-refractivity contribution in [2.75, 3.05) is 19.7 Å². The maximum absolute atomic E-state index is 13.0. The number of rotatable bonds is 7. The predicted molar refractivity (Wildman–Crippen MR) is 121 cm³/mol. The second-order valence-corrected chi connectivity index (χ2v) is 10.9. The van der Waals surface area contributed by atoms with Gasteiger partial charge < -0.3 is 9.64 Å². The van der Waals surface area contributed by atoms with Crippen molar-refractivity contribution in [3.05, 3.63) is 40.6 Å². The van der Waals surface area contributed by atoms with Crippen LogP contribution in [0, 0.1) is 0 Å². The summed E-state index contributed by atoms with van der Waals surface area (Å²) in [5.74, 6) is -0.970. The summed E-state index contributed by atoms with van der Waals surface area (Å²) in [7, 11) is -3.80. The third-order valence-electron chi connectivity index (χ3n) is 6.18. The minimum atomic E-state index is -3.80. The summed E-state index contributed by atoms with van der Waals surface area (Å²) >= 11 is 6.18. The van der Waals surface area contributed by atoms with Gasteiger partial charge in [-0.05, 0) is 69.6 Å². The summed E-state index contributed by atoms with van der Waals surface area (Å²) < 4.78 is 32.7. The number of benzene rings is 1. The Morgan fingerprint density at radius 1 is 1.09 bits per heavy atom. The molecule has 1 aromatic carbocycles. The summed E-state index contributed by atoms with van der Waals surface area (Å²) in [5.41, 5.74) is 1.09. The molecule has 1 saturated heterocycles. The first kappa shape index (κ1) is 23.3. The van der Waals surface area contributed by atoms with Gasteiger partial charge in [0.05, 0.1) is 10.6 Å². The fourth-order valence-electron chi connectivity index (χ4n) is 4.32. The van der Waals surface area contributed by atoms with Crippen LogP contribution in [0.4, 0.5) is 0 Å². The van der Waals surface area contributed by atoms with Crippen molar-refractivity contribution in [2.45, 2.75) is 68.7 Å². The van der Waals surface area contributed by atoms with E-state index in [4.69, 9.17) is 16.3 Å². The highest BCUT2D eigenvalue weighted by atomic mass is 35.5. The van der Waals surface area contributed by atoms with Gasteiger partial charge in [-0.15, -0.1) is 0 Å². The lowest BCUT2D eigenvalue weighted by molar-refractivity contribution is -0.133. The van der Waals surface area contributed by atoms with Crippen LogP contribution < -0.4 is 0 Å². The molecule has 4 rings (SSSR count). The zero-order chi connectivity index (χ0) is 22.7. The average molecular weight is 481 g/mol. The number of allylic oxidation sites excluding steroid dienone is 2. The lowest BCUT2D eigenvalue weighted by Crippen LogP contribution is -2.36. The van der Waals surface area contributed by atoms with E-state index < -0.39 is 16.0 Å². The predicted octanol–water partition coefficient (Wildman–Crippen LogP) is 4.12. The molecule has 2 aliphatic carbocycles. The largest absolute Gasteiger partial charge is 0.452 e. The second kappa shape index (κ2) is 9.93. The summed E-state index contributed by atoms with van der Waals surface area (Å²) in [6, 6.07) is 4.26. The summed E-state index contributed by atoms with van der Waals surface area (Å²) in [6.07, 6.45) is 10.6. The van der Waals surface area contributed by atoms with E-state index >= 15 is 0 Å². The lowest BCUT2D eigenvalue weighted by Gasteiger charge is -2.27. The van der Waals surface area contributed by atoms with Crippen molar-refractivity contribution >= 4 is 33.5 Å². The van der Waals surface area contributed by atoms with E-state index in [0.29, 0.717) is 13.1 Å². The molecule has 7 nitrogen and oxygen atoms in total. The number of hydrogen-bond donors (Lipinski definition) is 0. The minimum Gasteiger partial charge on any atom is -0.452 e. The molecule has 0 spiro atoms. The maximum Gasteiger partial charge on any atom is 0.338 e. The molecule has 174 valence electrons. The van der Waals surface area contributed by atoms with Gasteiger partial charge in [0.15, 0.2) is 6.61 Å². The number of amides is 1. The van der Waals surface area contributed by atoms with Gasteiger partial charge in [0.1, 0.15) is 4.90 Å². The Bertz CT molecular complexity index is 1010. The normalized spacial score (nSPS) is 19.8. The molecular weight excluding hydrogens is 452 g/mol. The van der Waals surface area contributed by atoms with Crippen molar-refractivity contribution < 1.29 is 22.7 Å². The molecule has 1 aliphatic heterocycles. The molecular formula is C23H29ClN2O5S. The highest BCUT2D eigenvalue weighted by Crippen LogP contribution is 2.34. The lowest BCUT2D eigenvalue weighted by atomic mass is 10.0. The Hall–Kier alpha value is -1.90. The quantitative estimate of drug-likeness (QED) is 0.548. The van der Waals surface area contributed by atoms with Gasteiger partial charge in [0.2, 0.25) is 10.0 Å². The van der Waals surface area contributed by atoms with Gasteiger partial charge in [-0.2, -0.15) is 4.31 Å². The molecule has 1 heterocycles. The van der Waals surface area contributed by atoms with Crippen molar-refractivity contribution in [2.24, 2.45) is 0 Å². The first-order valence-electron chi connectivity index (χ1n) is 11.4. The molecule has 1 aromatic rings. The van der Waals surface area contributed by atoms with Gasteiger partial charge in [0, 0.05) is 24.8 Å². The zero-order valence-corrected chi connectivity index (χ0v) is 19.7. The van der Waals surface area contributed by atoms with E-state index in [-0.39, 0.29) is 34.0 Å². The standard InChI is InChI=1S/C23H29ClN2O5S/c24-20-12-9-17(15-21(20)32(29,30)25-13-5-2-6-14-25)23(28)31-16-22(27)26(19-10-11-19)18-7-3-1-4-8-18/h7,9,12,15,19H,1-6,8,10-11,13-14,16H2. The van der Waals surface area contributed by atoms with Gasteiger partial charge in [-0.25, -0.2) is 13.2 Å². The number of halogens is 1. The molecule has 0 atom stereocenters. The Balaban J connectivity index is 1.45. The Labute approximate surface area is 194 Å². The highest BCUT2D eigenvalue weighted by Gasteiger charge is 2.35. The fourth-order valence-corrected chi connectivity index (χ4v) is 6.34. The number of piperidine rings is 1. The van der Waals surface area contributed by atoms with Crippen LogP contribution in [0.2, 0.25) is 5.02 Å². The Morgan fingerprint density at radius 2 is 1.84 bits per heavy atom. The van der Waals surface area contributed by atoms with Crippen LogP contribution >= 0.6 is 11.6 Å². The van der Waals surface area contributed by atoms with Crippen LogP contribution in [0.1, 0.15) is 68.1 Å². The monoisotopic (exact) mass is 480 g/mol. The topological polar surface area (TPSA) is 84.0 Å². The molecule has 1 saturated carbocycles. The number of ether oxygens (including phenoxy) is 1. The van der Waals surface area contributed by atoms with E-state index in [2.05, 4.69) is 6.08 Å². The molecule has 0 unspecified atom stereocenters. The highest BCUT2D eigenvalue weighted by molar-refractivity contribution is 7.89. The van der Waals surface area contributed by atoms with E-state index in [1.54, 1.807) is 4.90 Å². The number of hydrogen-bond acceptors (Lipinski definition) is 5. The molecule has 1 amide bonds. The van der Waals surface area contributed by atoms with E-state index in [9.17, 15) is 18.0 Å². The van der Waals surface area contributed by atoms with Gasteiger partial charge >= 0.3 is 5.97 Å². The molecule has 2 fully saturated rings. The second-order valence-electron chi connectivity index (χ2n) is 8.62. The fraction of sp³-hybridized carbons (Fsp3) is 0.565. The average Bonchev–Trinajstić information content (AvgIpc) is 3.64. The van der Waals surface area contributed by atoms with Crippen LogP contribution in [0.25, 0.3) is 0 Å². The van der Waals surface area contributed by atoms with E-state index in [0.717, 1.165) is 63.5 Å². The molecule has 0 aromatic heterocycles. The molecule has 32 heavy (non-hydrogen) atoms. The van der Waals surface area contributed by atoms with Crippen LogP contribution in [0.3, 0.4) is 0 Å². The molecule has 0 radical (unpaired) electrons. The first-order valence-corrected chi connectivity index (χ1v) is 13.2. The van der Waals surface area contributed by atoms with E-state index in [1.807, 2.05) is 0 Å². The Morgan fingerprint density at radius 3 is 2.50 bits per heavy atom. The number of sulfonamides is 1. The SMILES string of the molecule is O=C(OCC(=O)N(C1=CCCCC1)C1CC1)c1ccc(Cl)c(S(=O)(=O)N2CCCCC2)c1. The first-order chi connectivity index (χ1) is 15.4. The van der Waals surface area contributed by atoms with Crippen LogP contribution in [0.15, 0.2) is 34.9 Å². The summed E-state index contributed by atoms with van der Waals surface area (Å²) in [5, 5.41) is 0.0624. The van der Waals surface area contributed by atoms with Crippen LogP contribution in [-0.2, 0) is 19.6 Å². The summed E-state index contributed by atoms with van der Waals surface area (Å²) in [6.45, 7) is 0.507. The van der Waals surface area contributed by atoms with Crippen molar-refractivity contribution in [1.82, 2.24) is 9.21 Å². The van der Waals surface area contributed by atoms with Crippen LogP contribution in [-0.4, -0.2) is 55.2 Å². The maximum atomic E-state index is 13.0. The third-order valence-corrected chi connectivity index (χ3v) is 8.56. The molecule has 3 aliphatic rings. The molecule has 9 heteroatoms. The number of carbonyl (C=O) groups excluding carboxylic acids is 2. The van der Waals surface area contributed by atoms with Crippen molar-refractivity contribution in [1.29, 1.82) is 0 Å². The number of esters is 1. The smallest absolute Gasteiger partial charge is 0.338 e. The van der Waals surface area contributed by atoms with Gasteiger partial charge in [0.25, 0.3) is 5.91 Å². The van der Waals surface area contributed by atoms with E-state index in [1.165, 1.54) is 22.5 Å². The molecule has 0 bridgehead atoms. The third kappa shape index (κ3) is 5.18. The zero-order valence-electron chi connectivity index (χ0n) is 18.1. The minimum absolute atomic E-state index is 0.0624. The van der Waals surface area contributed by atoms with Crippen molar-refractivity contribution in [3.63, 3.8) is 0 Å². The summed E-state index contributed by atoms with van der Waals surface area (Å²) in [4.78, 5) is 27.2. The van der Waals surface area contributed by atoms with Gasteiger partial charge in [-0.1, -0.05) is 24.1 Å². The molecule has 0 N–H and O–H groups in total. The van der Waals surface area contributed by atoms with Crippen LogP contribution in [0.5, 0.6) is 0 Å². The van der Waals surface area contributed by atoms with Gasteiger partial charge in [-0.3, -0.25) is 4.79 Å². The number of carbonyl (C=O) groups is 2.